The first-order chi connectivity index (χ1) is 11.7. The van der Waals surface area contributed by atoms with Gasteiger partial charge in [-0.15, -0.1) is 0 Å². The molecule has 0 heterocycles. The van der Waals surface area contributed by atoms with Crippen LogP contribution in [0.5, 0.6) is 0 Å². The van der Waals surface area contributed by atoms with Crippen LogP contribution in [-0.4, -0.2) is 4.92 Å². The van der Waals surface area contributed by atoms with Gasteiger partial charge < -0.3 is 5.32 Å². The maximum atomic E-state index is 11.1. The second-order valence-corrected chi connectivity index (χ2v) is 5.58. The third kappa shape index (κ3) is 3.98. The standard InChI is InChI=1S/C20H18N2O2/c23-22(24)20-9-5-4-8-19(20)21-18-14-12-17(13-15-18)11-10-16-6-2-1-3-7-16/h1-9,12-15,21H,10-11H2. The summed E-state index contributed by atoms with van der Waals surface area (Å²) < 4.78 is 0. The van der Waals surface area contributed by atoms with Crippen LogP contribution in [0.15, 0.2) is 78.9 Å². The molecular weight excluding hydrogens is 300 g/mol. The molecule has 24 heavy (non-hydrogen) atoms. The SMILES string of the molecule is O=[N+]([O-])c1ccccc1Nc1ccc(CCc2ccccc2)cc1. The quantitative estimate of drug-likeness (QED) is 0.507. The van der Waals surface area contributed by atoms with E-state index in [-0.39, 0.29) is 10.6 Å². The van der Waals surface area contributed by atoms with Crippen molar-refractivity contribution in [2.75, 3.05) is 5.32 Å². The average molecular weight is 318 g/mol. The van der Waals surface area contributed by atoms with Gasteiger partial charge in [0.25, 0.3) is 5.69 Å². The van der Waals surface area contributed by atoms with E-state index in [1.165, 1.54) is 17.2 Å². The van der Waals surface area contributed by atoms with Crippen LogP contribution in [0, 0.1) is 10.1 Å². The van der Waals surface area contributed by atoms with E-state index in [0.29, 0.717) is 5.69 Å². The molecule has 0 saturated heterocycles. The molecule has 0 fully saturated rings. The van der Waals surface area contributed by atoms with Gasteiger partial charge in [-0.2, -0.15) is 0 Å². The zero-order valence-electron chi connectivity index (χ0n) is 13.2. The predicted octanol–water partition coefficient (Wildman–Crippen LogP) is 5.12. The summed E-state index contributed by atoms with van der Waals surface area (Å²) >= 11 is 0. The lowest BCUT2D eigenvalue weighted by Crippen LogP contribution is -1.97. The number of benzene rings is 3. The molecule has 1 N–H and O–H groups in total. The summed E-state index contributed by atoms with van der Waals surface area (Å²) in [5.74, 6) is 0. The van der Waals surface area contributed by atoms with E-state index < -0.39 is 0 Å². The highest BCUT2D eigenvalue weighted by Gasteiger charge is 2.12. The van der Waals surface area contributed by atoms with Crippen molar-refractivity contribution in [2.45, 2.75) is 12.8 Å². The summed E-state index contributed by atoms with van der Waals surface area (Å²) in [6, 6.07) is 25.1. The molecule has 120 valence electrons. The highest BCUT2D eigenvalue weighted by molar-refractivity contribution is 5.69. The molecular formula is C20H18N2O2. The minimum atomic E-state index is -0.378. The lowest BCUT2D eigenvalue weighted by atomic mass is 10.0. The van der Waals surface area contributed by atoms with Gasteiger partial charge in [0.2, 0.25) is 0 Å². The summed E-state index contributed by atoms with van der Waals surface area (Å²) in [7, 11) is 0. The number of hydrogen-bond acceptors (Lipinski definition) is 3. The van der Waals surface area contributed by atoms with Crippen molar-refractivity contribution in [1.82, 2.24) is 0 Å². The van der Waals surface area contributed by atoms with Crippen molar-refractivity contribution in [2.24, 2.45) is 0 Å². The number of rotatable bonds is 6. The van der Waals surface area contributed by atoms with Crippen LogP contribution in [0.3, 0.4) is 0 Å². The largest absolute Gasteiger partial charge is 0.350 e. The molecule has 4 heteroatoms. The maximum absolute atomic E-state index is 11.1. The number of nitrogens with one attached hydrogen (secondary N) is 1. The summed E-state index contributed by atoms with van der Waals surface area (Å²) in [4.78, 5) is 10.7. The second-order valence-electron chi connectivity index (χ2n) is 5.58. The van der Waals surface area contributed by atoms with Crippen molar-refractivity contribution in [1.29, 1.82) is 0 Å². The molecule has 0 atom stereocenters. The molecule has 0 bridgehead atoms. The van der Waals surface area contributed by atoms with Crippen molar-refractivity contribution in [3.05, 3.63) is 100 Å². The molecule has 0 unspecified atom stereocenters. The average Bonchev–Trinajstić information content (AvgIpc) is 2.62. The fraction of sp³-hybridized carbons (Fsp3) is 0.100. The van der Waals surface area contributed by atoms with Crippen molar-refractivity contribution in [3.63, 3.8) is 0 Å². The number of anilines is 2. The van der Waals surface area contributed by atoms with E-state index in [0.717, 1.165) is 18.5 Å². The molecule has 0 aliphatic carbocycles. The van der Waals surface area contributed by atoms with Crippen LogP contribution in [0.25, 0.3) is 0 Å². The molecule has 0 saturated carbocycles. The molecule has 0 spiro atoms. The normalized spacial score (nSPS) is 10.3. The fourth-order valence-electron chi connectivity index (χ4n) is 2.58. The Hall–Kier alpha value is -3.14. The smallest absolute Gasteiger partial charge is 0.292 e. The minimum Gasteiger partial charge on any atom is -0.350 e. The number of nitrogens with zero attached hydrogens (tertiary/aromatic N) is 1. The van der Waals surface area contributed by atoms with Crippen LogP contribution < -0.4 is 5.32 Å². The maximum Gasteiger partial charge on any atom is 0.292 e. The van der Waals surface area contributed by atoms with Crippen molar-refractivity contribution >= 4 is 17.1 Å². The summed E-state index contributed by atoms with van der Waals surface area (Å²) in [6.45, 7) is 0. The Morgan fingerprint density at radius 3 is 2.00 bits per heavy atom. The monoisotopic (exact) mass is 318 g/mol. The van der Waals surface area contributed by atoms with Crippen LogP contribution >= 0.6 is 0 Å². The lowest BCUT2D eigenvalue weighted by Gasteiger charge is -2.08. The Morgan fingerprint density at radius 1 is 0.750 bits per heavy atom. The van der Waals surface area contributed by atoms with Gasteiger partial charge in [0.05, 0.1) is 4.92 Å². The van der Waals surface area contributed by atoms with E-state index in [1.54, 1.807) is 18.2 Å². The molecule has 0 radical (unpaired) electrons. The van der Waals surface area contributed by atoms with Crippen molar-refractivity contribution < 1.29 is 4.92 Å². The first-order valence-corrected chi connectivity index (χ1v) is 7.86. The highest BCUT2D eigenvalue weighted by Crippen LogP contribution is 2.27. The first-order valence-electron chi connectivity index (χ1n) is 7.86. The second kappa shape index (κ2) is 7.42. The summed E-state index contributed by atoms with van der Waals surface area (Å²) in [6.07, 6.45) is 1.97. The molecule has 3 aromatic carbocycles. The molecule has 0 amide bonds. The zero-order chi connectivity index (χ0) is 16.8. The number of nitro groups is 1. The van der Waals surface area contributed by atoms with Gasteiger partial charge in [0.15, 0.2) is 0 Å². The Morgan fingerprint density at radius 2 is 1.33 bits per heavy atom. The Balaban J connectivity index is 1.66. The fourth-order valence-corrected chi connectivity index (χ4v) is 2.58. The van der Waals surface area contributed by atoms with E-state index >= 15 is 0 Å². The zero-order valence-corrected chi connectivity index (χ0v) is 13.2. The van der Waals surface area contributed by atoms with Gasteiger partial charge in [-0.05, 0) is 42.2 Å². The van der Waals surface area contributed by atoms with Crippen molar-refractivity contribution in [3.8, 4) is 0 Å². The van der Waals surface area contributed by atoms with Crippen LogP contribution in [0.1, 0.15) is 11.1 Å². The molecule has 0 aliphatic rings. The molecule has 0 aliphatic heterocycles. The van der Waals surface area contributed by atoms with E-state index in [9.17, 15) is 10.1 Å². The van der Waals surface area contributed by atoms with Gasteiger partial charge in [-0.1, -0.05) is 54.6 Å². The van der Waals surface area contributed by atoms with Gasteiger partial charge in [0, 0.05) is 11.8 Å². The molecule has 4 nitrogen and oxygen atoms in total. The molecule has 0 aromatic heterocycles. The van der Waals surface area contributed by atoms with Gasteiger partial charge >= 0.3 is 0 Å². The number of para-hydroxylation sites is 2. The first kappa shape index (κ1) is 15.7. The van der Waals surface area contributed by atoms with Crippen LogP contribution in [0.4, 0.5) is 17.1 Å². The Labute approximate surface area is 140 Å². The number of hydrogen-bond donors (Lipinski definition) is 1. The topological polar surface area (TPSA) is 55.2 Å². The predicted molar refractivity (Wildman–Crippen MR) is 96.7 cm³/mol. The van der Waals surface area contributed by atoms with Gasteiger partial charge in [-0.3, -0.25) is 10.1 Å². The molecule has 3 aromatic rings. The molecule has 3 rings (SSSR count). The highest BCUT2D eigenvalue weighted by atomic mass is 16.6. The lowest BCUT2D eigenvalue weighted by molar-refractivity contribution is -0.383. The van der Waals surface area contributed by atoms with Crippen LogP contribution in [-0.2, 0) is 12.8 Å². The van der Waals surface area contributed by atoms with Gasteiger partial charge in [-0.25, -0.2) is 0 Å². The Bertz CT molecular complexity index is 815. The summed E-state index contributed by atoms with van der Waals surface area (Å²) in [5.41, 5.74) is 3.98. The minimum absolute atomic E-state index is 0.0747. The number of nitro benzene ring substituents is 1. The van der Waals surface area contributed by atoms with Crippen LogP contribution in [0.2, 0.25) is 0 Å². The third-order valence-electron chi connectivity index (χ3n) is 3.88. The van der Waals surface area contributed by atoms with E-state index in [2.05, 4.69) is 41.7 Å². The Kier molecular flexibility index (Phi) is 4.87. The third-order valence-corrected chi connectivity index (χ3v) is 3.88. The van der Waals surface area contributed by atoms with E-state index in [4.69, 9.17) is 0 Å². The van der Waals surface area contributed by atoms with E-state index in [1.807, 2.05) is 18.2 Å². The summed E-state index contributed by atoms with van der Waals surface area (Å²) in [5, 5.41) is 14.2. The number of aryl methyl sites for hydroxylation is 2. The van der Waals surface area contributed by atoms with Gasteiger partial charge in [0.1, 0.15) is 5.69 Å².